The molecule has 1 fully saturated rings. The van der Waals surface area contributed by atoms with Gasteiger partial charge in [0, 0.05) is 5.92 Å². The number of hydrogen-bond acceptors (Lipinski definition) is 3. The molecule has 3 heteroatoms. The Labute approximate surface area is 66.6 Å². The highest BCUT2D eigenvalue weighted by Crippen LogP contribution is 2.13. The fourth-order valence-corrected chi connectivity index (χ4v) is 1.35. The van der Waals surface area contributed by atoms with Crippen molar-refractivity contribution in [1.82, 2.24) is 4.90 Å². The summed E-state index contributed by atoms with van der Waals surface area (Å²) in [6, 6.07) is 2.11. The van der Waals surface area contributed by atoms with Gasteiger partial charge in [-0.3, -0.25) is 4.90 Å². The van der Waals surface area contributed by atoms with Gasteiger partial charge in [0.1, 0.15) is 6.29 Å². The van der Waals surface area contributed by atoms with E-state index in [1.165, 1.54) is 0 Å². The lowest BCUT2D eigenvalue weighted by Gasteiger charge is -2.26. The summed E-state index contributed by atoms with van der Waals surface area (Å²) in [5.41, 5.74) is 0. The summed E-state index contributed by atoms with van der Waals surface area (Å²) in [6.45, 7) is 2.31. The second-order valence-electron chi connectivity index (χ2n) is 2.91. The molecule has 0 amide bonds. The number of hydrogen-bond donors (Lipinski definition) is 0. The molecule has 0 N–H and O–H groups in total. The number of nitrogens with zero attached hydrogens (tertiary/aromatic N) is 2. The molecule has 0 unspecified atom stereocenters. The number of carbonyl (C=O) groups is 1. The van der Waals surface area contributed by atoms with Crippen molar-refractivity contribution in [3.8, 4) is 6.07 Å². The Morgan fingerprint density at radius 3 is 2.64 bits per heavy atom. The van der Waals surface area contributed by atoms with E-state index in [0.29, 0.717) is 6.54 Å². The Balaban J connectivity index is 2.25. The third kappa shape index (κ3) is 2.32. The Morgan fingerprint density at radius 1 is 1.55 bits per heavy atom. The molecule has 1 saturated heterocycles. The molecule has 3 nitrogen and oxygen atoms in total. The molecule has 1 heterocycles. The quantitative estimate of drug-likeness (QED) is 0.425. The largest absolute Gasteiger partial charge is 0.303 e. The highest BCUT2D eigenvalue weighted by molar-refractivity contribution is 5.53. The maximum atomic E-state index is 10.3. The normalized spacial score (nSPS) is 21.0. The van der Waals surface area contributed by atoms with Gasteiger partial charge in [-0.2, -0.15) is 5.26 Å². The molecule has 1 aliphatic rings. The van der Waals surface area contributed by atoms with Crippen molar-refractivity contribution in [3.05, 3.63) is 0 Å². The first-order chi connectivity index (χ1) is 5.36. The molecule has 1 aliphatic heterocycles. The Kier molecular flexibility index (Phi) is 3.06. The maximum absolute atomic E-state index is 10.3. The van der Waals surface area contributed by atoms with Crippen molar-refractivity contribution in [2.45, 2.75) is 12.8 Å². The van der Waals surface area contributed by atoms with Crippen molar-refractivity contribution in [1.29, 1.82) is 5.26 Å². The zero-order valence-corrected chi connectivity index (χ0v) is 6.49. The van der Waals surface area contributed by atoms with E-state index >= 15 is 0 Å². The smallest absolute Gasteiger partial charge is 0.123 e. The Bertz CT molecular complexity index is 165. The number of aldehydes is 1. The van der Waals surface area contributed by atoms with Crippen LogP contribution < -0.4 is 0 Å². The molecule has 0 aromatic carbocycles. The van der Waals surface area contributed by atoms with Crippen LogP contribution in [-0.4, -0.2) is 30.8 Å². The molecule has 0 bridgehead atoms. The average Bonchev–Trinajstić information content (AvgIpc) is 2.07. The first kappa shape index (κ1) is 8.22. The number of carbonyl (C=O) groups excluding carboxylic acids is 1. The van der Waals surface area contributed by atoms with Gasteiger partial charge in [0.25, 0.3) is 0 Å². The molecule has 0 atom stereocenters. The van der Waals surface area contributed by atoms with Crippen LogP contribution >= 0.6 is 0 Å². The first-order valence-corrected chi connectivity index (χ1v) is 3.91. The summed E-state index contributed by atoms with van der Waals surface area (Å²) in [7, 11) is 0. The van der Waals surface area contributed by atoms with Crippen LogP contribution in [0.2, 0.25) is 0 Å². The molecule has 0 aliphatic carbocycles. The minimum Gasteiger partial charge on any atom is -0.303 e. The topological polar surface area (TPSA) is 44.1 Å². The van der Waals surface area contributed by atoms with Crippen LogP contribution in [-0.2, 0) is 4.79 Å². The average molecular weight is 152 g/mol. The highest BCUT2D eigenvalue weighted by Gasteiger charge is 2.17. The first-order valence-electron chi connectivity index (χ1n) is 3.91. The number of likely N-dealkylation sites (tertiary alicyclic amines) is 1. The lowest BCUT2D eigenvalue weighted by atomic mass is 9.99. The standard InChI is InChI=1S/C8H12N2O/c9-3-6-10-4-1-8(7-11)2-5-10/h7-8H,1-2,4-6H2. The Hall–Kier alpha value is -0.880. The lowest BCUT2D eigenvalue weighted by Crippen LogP contribution is -2.34. The third-order valence-electron chi connectivity index (χ3n) is 2.12. The minimum absolute atomic E-state index is 0.241. The number of nitriles is 1. The minimum atomic E-state index is 0.241. The summed E-state index contributed by atoms with van der Waals surface area (Å²) in [6.07, 6.45) is 2.88. The van der Waals surface area contributed by atoms with Crippen molar-refractivity contribution < 1.29 is 4.79 Å². The Morgan fingerprint density at radius 2 is 2.18 bits per heavy atom. The van der Waals surface area contributed by atoms with Crippen molar-refractivity contribution in [2.75, 3.05) is 19.6 Å². The molecule has 1 rings (SSSR count). The monoisotopic (exact) mass is 152 g/mol. The highest BCUT2D eigenvalue weighted by atomic mass is 16.1. The molecule has 0 aromatic heterocycles. The van der Waals surface area contributed by atoms with Gasteiger partial charge in [-0.1, -0.05) is 0 Å². The summed E-state index contributed by atoms with van der Waals surface area (Å²) in [4.78, 5) is 12.4. The number of rotatable bonds is 2. The molecule has 0 aromatic rings. The molecule has 60 valence electrons. The van der Waals surface area contributed by atoms with E-state index in [-0.39, 0.29) is 5.92 Å². The third-order valence-corrected chi connectivity index (χ3v) is 2.12. The van der Waals surface area contributed by atoms with Gasteiger partial charge in [-0.15, -0.1) is 0 Å². The summed E-state index contributed by atoms with van der Waals surface area (Å²) >= 11 is 0. The molecule has 0 radical (unpaired) electrons. The second-order valence-corrected chi connectivity index (χ2v) is 2.91. The van der Waals surface area contributed by atoms with Crippen molar-refractivity contribution in [3.63, 3.8) is 0 Å². The van der Waals surface area contributed by atoms with E-state index in [1.54, 1.807) is 0 Å². The van der Waals surface area contributed by atoms with E-state index in [1.807, 2.05) is 0 Å². The predicted octanol–water partition coefficient (Wildman–Crippen LogP) is 0.421. The van der Waals surface area contributed by atoms with E-state index in [9.17, 15) is 4.79 Å². The van der Waals surface area contributed by atoms with Gasteiger partial charge in [0.05, 0.1) is 12.6 Å². The summed E-state index contributed by atoms with van der Waals surface area (Å²) in [5, 5.41) is 8.38. The van der Waals surface area contributed by atoms with E-state index in [0.717, 1.165) is 32.2 Å². The van der Waals surface area contributed by atoms with E-state index in [2.05, 4.69) is 11.0 Å². The van der Waals surface area contributed by atoms with Crippen LogP contribution in [0.15, 0.2) is 0 Å². The van der Waals surface area contributed by atoms with Gasteiger partial charge < -0.3 is 4.79 Å². The van der Waals surface area contributed by atoms with Crippen molar-refractivity contribution in [2.24, 2.45) is 5.92 Å². The van der Waals surface area contributed by atoms with Gasteiger partial charge in [-0.05, 0) is 25.9 Å². The van der Waals surface area contributed by atoms with Gasteiger partial charge in [-0.25, -0.2) is 0 Å². The van der Waals surface area contributed by atoms with Crippen LogP contribution in [0.5, 0.6) is 0 Å². The van der Waals surface area contributed by atoms with Crippen LogP contribution in [0.1, 0.15) is 12.8 Å². The van der Waals surface area contributed by atoms with Gasteiger partial charge in [0.15, 0.2) is 0 Å². The molecule has 0 saturated carbocycles. The molecule has 11 heavy (non-hydrogen) atoms. The molecular formula is C8H12N2O. The summed E-state index contributed by atoms with van der Waals surface area (Å²) in [5.74, 6) is 0.241. The van der Waals surface area contributed by atoms with Gasteiger partial charge in [0.2, 0.25) is 0 Å². The zero-order chi connectivity index (χ0) is 8.10. The van der Waals surface area contributed by atoms with Crippen molar-refractivity contribution >= 4 is 6.29 Å². The van der Waals surface area contributed by atoms with Crippen LogP contribution in [0, 0.1) is 17.2 Å². The SMILES string of the molecule is N#CCN1CCC(C=O)CC1. The molecule has 0 spiro atoms. The summed E-state index contributed by atoms with van der Waals surface area (Å²) < 4.78 is 0. The predicted molar refractivity (Wildman–Crippen MR) is 40.8 cm³/mol. The van der Waals surface area contributed by atoms with E-state index in [4.69, 9.17) is 5.26 Å². The number of piperidine rings is 1. The fourth-order valence-electron chi connectivity index (χ4n) is 1.35. The van der Waals surface area contributed by atoms with Crippen LogP contribution in [0.25, 0.3) is 0 Å². The lowest BCUT2D eigenvalue weighted by molar-refractivity contribution is -0.112. The second kappa shape index (κ2) is 4.09. The van der Waals surface area contributed by atoms with Crippen LogP contribution in [0.4, 0.5) is 0 Å². The fraction of sp³-hybridized carbons (Fsp3) is 0.750. The van der Waals surface area contributed by atoms with Gasteiger partial charge >= 0.3 is 0 Å². The zero-order valence-electron chi connectivity index (χ0n) is 6.49. The van der Waals surface area contributed by atoms with Crippen LogP contribution in [0.3, 0.4) is 0 Å². The maximum Gasteiger partial charge on any atom is 0.123 e. The van der Waals surface area contributed by atoms with E-state index < -0.39 is 0 Å². The molecular weight excluding hydrogens is 140 g/mol.